The molecular formula is C9H12N2O3S. The van der Waals surface area contributed by atoms with Gasteiger partial charge in [0.25, 0.3) is 0 Å². The summed E-state index contributed by atoms with van der Waals surface area (Å²) in [6.07, 6.45) is 0. The first-order valence-electron chi connectivity index (χ1n) is 4.34. The van der Waals surface area contributed by atoms with Gasteiger partial charge in [-0.15, -0.1) is 11.3 Å². The van der Waals surface area contributed by atoms with E-state index in [2.05, 4.69) is 5.32 Å². The number of carboxylic acids is 1. The van der Waals surface area contributed by atoms with Gasteiger partial charge in [0.15, 0.2) is 0 Å². The zero-order chi connectivity index (χ0) is 11.4. The van der Waals surface area contributed by atoms with E-state index in [1.807, 2.05) is 0 Å². The number of primary amides is 1. The van der Waals surface area contributed by atoms with Gasteiger partial charge >= 0.3 is 5.97 Å². The van der Waals surface area contributed by atoms with E-state index in [9.17, 15) is 9.59 Å². The van der Waals surface area contributed by atoms with Gasteiger partial charge in [-0.05, 0) is 13.0 Å². The lowest BCUT2D eigenvalue weighted by Gasteiger charge is -2.07. The van der Waals surface area contributed by atoms with Crippen molar-refractivity contribution in [2.45, 2.75) is 19.5 Å². The molecule has 1 unspecified atom stereocenters. The maximum Gasteiger partial charge on any atom is 0.336 e. The van der Waals surface area contributed by atoms with Crippen LogP contribution in [0.1, 0.15) is 22.2 Å². The van der Waals surface area contributed by atoms with Crippen molar-refractivity contribution in [1.29, 1.82) is 0 Å². The molecule has 4 N–H and O–H groups in total. The third-order valence-corrected chi connectivity index (χ3v) is 2.85. The van der Waals surface area contributed by atoms with Gasteiger partial charge in [0, 0.05) is 16.8 Å². The Morgan fingerprint density at radius 3 is 2.80 bits per heavy atom. The summed E-state index contributed by atoms with van der Waals surface area (Å²) in [4.78, 5) is 22.1. The van der Waals surface area contributed by atoms with Crippen LogP contribution in [0.3, 0.4) is 0 Å². The highest BCUT2D eigenvalue weighted by Crippen LogP contribution is 2.14. The van der Waals surface area contributed by atoms with Gasteiger partial charge in [0.05, 0.1) is 11.6 Å². The molecule has 6 heteroatoms. The van der Waals surface area contributed by atoms with E-state index >= 15 is 0 Å². The Morgan fingerprint density at radius 1 is 1.67 bits per heavy atom. The lowest BCUT2D eigenvalue weighted by atomic mass is 10.3. The number of carboxylic acid groups (broad SMARTS) is 1. The highest BCUT2D eigenvalue weighted by Gasteiger charge is 2.09. The molecule has 0 fully saturated rings. The van der Waals surface area contributed by atoms with Crippen LogP contribution in [-0.4, -0.2) is 23.0 Å². The van der Waals surface area contributed by atoms with E-state index in [-0.39, 0.29) is 5.56 Å². The molecule has 0 aromatic carbocycles. The molecule has 0 aliphatic rings. The number of hydrogen-bond donors (Lipinski definition) is 3. The third kappa shape index (κ3) is 3.34. The molecule has 0 spiro atoms. The first kappa shape index (κ1) is 11.7. The number of nitrogens with two attached hydrogens (primary N) is 1. The van der Waals surface area contributed by atoms with Crippen LogP contribution in [0.4, 0.5) is 0 Å². The number of carbonyl (C=O) groups is 2. The molecule has 1 heterocycles. The molecule has 82 valence electrons. The third-order valence-electron chi connectivity index (χ3n) is 1.91. The quantitative estimate of drug-likeness (QED) is 0.680. The van der Waals surface area contributed by atoms with Crippen LogP contribution in [0.15, 0.2) is 11.4 Å². The van der Waals surface area contributed by atoms with Crippen molar-refractivity contribution in [2.24, 2.45) is 5.73 Å². The van der Waals surface area contributed by atoms with Crippen LogP contribution in [0.2, 0.25) is 0 Å². The van der Waals surface area contributed by atoms with Crippen molar-refractivity contribution in [2.75, 3.05) is 0 Å². The zero-order valence-corrected chi connectivity index (χ0v) is 9.00. The fourth-order valence-electron chi connectivity index (χ4n) is 0.940. The molecule has 0 saturated carbocycles. The number of hydrogen-bond acceptors (Lipinski definition) is 4. The molecule has 1 rings (SSSR count). The largest absolute Gasteiger partial charge is 0.478 e. The van der Waals surface area contributed by atoms with Crippen LogP contribution < -0.4 is 11.1 Å². The summed E-state index contributed by atoms with van der Waals surface area (Å²) in [5, 5.41) is 13.1. The minimum atomic E-state index is -0.944. The molecule has 5 nitrogen and oxygen atoms in total. The second kappa shape index (κ2) is 4.90. The van der Waals surface area contributed by atoms with Gasteiger partial charge in [0.1, 0.15) is 0 Å². The summed E-state index contributed by atoms with van der Waals surface area (Å²) in [6, 6.07) is 1.16. The van der Waals surface area contributed by atoms with Crippen LogP contribution in [0, 0.1) is 0 Å². The van der Waals surface area contributed by atoms with Crippen molar-refractivity contribution in [3.63, 3.8) is 0 Å². The summed E-state index contributed by atoms with van der Waals surface area (Å²) >= 11 is 1.34. The Labute approximate surface area is 90.9 Å². The SMILES string of the molecule is CC(NCc1cc(C(=O)O)cs1)C(N)=O. The lowest BCUT2D eigenvalue weighted by molar-refractivity contribution is -0.119. The van der Waals surface area contributed by atoms with Crippen LogP contribution >= 0.6 is 11.3 Å². The molecule has 0 aliphatic carbocycles. The molecule has 1 aromatic heterocycles. The Kier molecular flexibility index (Phi) is 3.81. The Balaban J connectivity index is 2.51. The van der Waals surface area contributed by atoms with Gasteiger partial charge < -0.3 is 16.2 Å². The smallest absolute Gasteiger partial charge is 0.336 e. The molecule has 1 amide bonds. The summed E-state index contributed by atoms with van der Waals surface area (Å²) in [5.41, 5.74) is 5.33. The van der Waals surface area contributed by atoms with E-state index in [0.717, 1.165) is 4.88 Å². The van der Waals surface area contributed by atoms with Crippen LogP contribution in [0.25, 0.3) is 0 Å². The number of carbonyl (C=O) groups excluding carboxylic acids is 1. The topological polar surface area (TPSA) is 92.4 Å². The fourth-order valence-corrected chi connectivity index (χ4v) is 1.75. The summed E-state index contributed by atoms with van der Waals surface area (Å²) < 4.78 is 0. The van der Waals surface area contributed by atoms with Crippen LogP contribution in [-0.2, 0) is 11.3 Å². The average Bonchev–Trinajstić information content (AvgIpc) is 2.62. The second-order valence-corrected chi connectivity index (χ2v) is 4.11. The zero-order valence-electron chi connectivity index (χ0n) is 8.19. The molecule has 0 aliphatic heterocycles. The van der Waals surface area contributed by atoms with Gasteiger partial charge in [-0.2, -0.15) is 0 Å². The summed E-state index contributed by atoms with van der Waals surface area (Å²) in [6.45, 7) is 2.11. The standard InChI is InChI=1S/C9H12N2O3S/c1-5(8(10)12)11-3-7-2-6(4-15-7)9(13)14/h2,4-5,11H,3H2,1H3,(H2,10,12)(H,13,14). The van der Waals surface area contributed by atoms with Crippen molar-refractivity contribution >= 4 is 23.2 Å². The number of amides is 1. The second-order valence-electron chi connectivity index (χ2n) is 3.11. The van der Waals surface area contributed by atoms with E-state index in [1.165, 1.54) is 11.3 Å². The Hall–Kier alpha value is -1.40. The molecule has 0 saturated heterocycles. The van der Waals surface area contributed by atoms with Crippen molar-refractivity contribution in [3.8, 4) is 0 Å². The molecular weight excluding hydrogens is 216 g/mol. The van der Waals surface area contributed by atoms with Gasteiger partial charge in [-0.3, -0.25) is 4.79 Å². The predicted octanol–water partition coefficient (Wildman–Crippen LogP) is 0.410. The highest BCUT2D eigenvalue weighted by molar-refractivity contribution is 7.10. The Morgan fingerprint density at radius 2 is 2.33 bits per heavy atom. The van der Waals surface area contributed by atoms with E-state index < -0.39 is 17.9 Å². The maximum atomic E-state index is 10.7. The predicted molar refractivity (Wildman–Crippen MR) is 56.8 cm³/mol. The summed E-state index contributed by atoms with van der Waals surface area (Å²) in [7, 11) is 0. The minimum absolute atomic E-state index is 0.267. The summed E-state index contributed by atoms with van der Waals surface area (Å²) in [5.74, 6) is -1.37. The average molecular weight is 228 g/mol. The first-order chi connectivity index (χ1) is 7.00. The van der Waals surface area contributed by atoms with Gasteiger partial charge in [-0.1, -0.05) is 0 Å². The molecule has 1 atom stereocenters. The molecule has 0 radical (unpaired) electrons. The van der Waals surface area contributed by atoms with Crippen molar-refractivity contribution in [1.82, 2.24) is 5.32 Å². The first-order valence-corrected chi connectivity index (χ1v) is 5.22. The monoisotopic (exact) mass is 228 g/mol. The Bertz CT molecular complexity index is 375. The lowest BCUT2D eigenvalue weighted by Crippen LogP contribution is -2.38. The fraction of sp³-hybridized carbons (Fsp3) is 0.333. The molecule has 1 aromatic rings. The minimum Gasteiger partial charge on any atom is -0.478 e. The number of nitrogens with one attached hydrogen (secondary N) is 1. The molecule has 15 heavy (non-hydrogen) atoms. The van der Waals surface area contributed by atoms with Crippen LogP contribution in [0.5, 0.6) is 0 Å². The highest BCUT2D eigenvalue weighted by atomic mass is 32.1. The number of rotatable bonds is 5. The van der Waals surface area contributed by atoms with E-state index in [1.54, 1.807) is 18.4 Å². The van der Waals surface area contributed by atoms with Crippen molar-refractivity contribution < 1.29 is 14.7 Å². The van der Waals surface area contributed by atoms with Crippen molar-refractivity contribution in [3.05, 3.63) is 21.9 Å². The maximum absolute atomic E-state index is 10.7. The van der Waals surface area contributed by atoms with E-state index in [0.29, 0.717) is 6.54 Å². The number of thiophene rings is 1. The number of aromatic carboxylic acids is 1. The van der Waals surface area contributed by atoms with E-state index in [4.69, 9.17) is 10.8 Å². The molecule has 0 bridgehead atoms. The normalized spacial score (nSPS) is 12.3. The van der Waals surface area contributed by atoms with Gasteiger partial charge in [-0.25, -0.2) is 4.79 Å². The van der Waals surface area contributed by atoms with Gasteiger partial charge in [0.2, 0.25) is 5.91 Å².